The summed E-state index contributed by atoms with van der Waals surface area (Å²) in [7, 11) is 0. The summed E-state index contributed by atoms with van der Waals surface area (Å²) >= 11 is 0. The molecule has 0 aromatic carbocycles. The number of fused-ring (bicyclic) bond motifs is 5. The van der Waals surface area contributed by atoms with Crippen LogP contribution in [-0.4, -0.2) is 30.3 Å². The second kappa shape index (κ2) is 6.36. The monoisotopic (exact) mass is 384 g/mol. The van der Waals surface area contributed by atoms with E-state index in [4.69, 9.17) is 4.74 Å². The molecular formula is C23H25FO4. The van der Waals surface area contributed by atoms with Crippen molar-refractivity contribution in [3.05, 3.63) is 47.1 Å². The summed E-state index contributed by atoms with van der Waals surface area (Å²) in [5.74, 6) is -0.649. The van der Waals surface area contributed by atoms with Gasteiger partial charge in [0.2, 0.25) is 0 Å². The molecule has 0 unspecified atom stereocenters. The number of hydrogen-bond acceptors (Lipinski definition) is 4. The topological polar surface area (TPSA) is 60.4 Å². The van der Waals surface area contributed by atoms with E-state index in [9.17, 15) is 14.4 Å². The number of rotatable bonds is 3. The highest BCUT2D eigenvalue weighted by molar-refractivity contribution is 6.02. The van der Waals surface area contributed by atoms with Gasteiger partial charge >= 0.3 is 5.97 Å². The molecule has 4 aliphatic rings. The van der Waals surface area contributed by atoms with Crippen LogP contribution in [0.4, 0.5) is 4.39 Å². The Labute approximate surface area is 164 Å². The van der Waals surface area contributed by atoms with E-state index in [2.05, 4.69) is 13.0 Å². The minimum Gasteiger partial charge on any atom is -0.457 e. The van der Waals surface area contributed by atoms with Crippen LogP contribution in [0, 0.1) is 22.7 Å². The quantitative estimate of drug-likeness (QED) is 0.548. The number of Topliss-reactive ketones (excluding diaryl/α,β-unsaturated/α-hetero) is 1. The Morgan fingerprint density at radius 2 is 2.00 bits per heavy atom. The highest BCUT2D eigenvalue weighted by Gasteiger charge is 2.56. The van der Waals surface area contributed by atoms with Gasteiger partial charge in [-0.1, -0.05) is 30.7 Å². The number of hydrogen-bond donors (Lipinski definition) is 0. The average molecular weight is 384 g/mol. The molecule has 4 rings (SSSR count). The van der Waals surface area contributed by atoms with Crippen LogP contribution in [0.1, 0.15) is 40.0 Å². The van der Waals surface area contributed by atoms with Crippen LogP contribution in [0.3, 0.4) is 0 Å². The van der Waals surface area contributed by atoms with Crippen LogP contribution < -0.4 is 0 Å². The minimum absolute atomic E-state index is 0.0176. The smallest absolute Gasteiger partial charge is 0.303 e. The predicted octanol–water partition coefficient (Wildman–Crippen LogP) is 3.83. The molecule has 0 aromatic heterocycles. The maximum atomic E-state index is 15.1. The maximum Gasteiger partial charge on any atom is 0.303 e. The number of alkyl halides is 1. The first kappa shape index (κ1) is 19.0. The van der Waals surface area contributed by atoms with Crippen molar-refractivity contribution < 1.29 is 23.5 Å². The van der Waals surface area contributed by atoms with Gasteiger partial charge in [0.15, 0.2) is 18.2 Å². The summed E-state index contributed by atoms with van der Waals surface area (Å²) < 4.78 is 20.0. The third-order valence-corrected chi connectivity index (χ3v) is 7.22. The van der Waals surface area contributed by atoms with Crippen molar-refractivity contribution in [1.29, 1.82) is 0 Å². The maximum absolute atomic E-state index is 15.1. The van der Waals surface area contributed by atoms with Crippen molar-refractivity contribution in [2.45, 2.75) is 46.2 Å². The van der Waals surface area contributed by atoms with Gasteiger partial charge in [-0.3, -0.25) is 14.4 Å². The molecule has 0 aliphatic heterocycles. The summed E-state index contributed by atoms with van der Waals surface area (Å²) in [6.45, 7) is 5.10. The van der Waals surface area contributed by atoms with Crippen LogP contribution in [-0.2, 0) is 19.1 Å². The fraction of sp³-hybridized carbons (Fsp3) is 0.522. The molecule has 5 atom stereocenters. The van der Waals surface area contributed by atoms with Gasteiger partial charge in [0.05, 0.1) is 0 Å². The summed E-state index contributed by atoms with van der Waals surface area (Å²) in [6, 6.07) is 0. The van der Waals surface area contributed by atoms with Crippen molar-refractivity contribution in [2.24, 2.45) is 22.7 Å². The normalized spacial score (nSPS) is 38.5. The van der Waals surface area contributed by atoms with E-state index in [0.29, 0.717) is 30.4 Å². The van der Waals surface area contributed by atoms with Gasteiger partial charge in [-0.2, -0.15) is 0 Å². The fourth-order valence-electron chi connectivity index (χ4n) is 5.79. The van der Waals surface area contributed by atoms with E-state index in [1.165, 1.54) is 24.6 Å². The Bertz CT molecular complexity index is 892. The third kappa shape index (κ3) is 2.66. The molecule has 28 heavy (non-hydrogen) atoms. The van der Waals surface area contributed by atoms with Gasteiger partial charge in [0, 0.05) is 23.3 Å². The predicted molar refractivity (Wildman–Crippen MR) is 102 cm³/mol. The number of carbonyl (C=O) groups excluding carboxylic acids is 3. The molecule has 0 heterocycles. The second-order valence-corrected chi connectivity index (χ2v) is 8.79. The first-order valence-corrected chi connectivity index (χ1v) is 9.84. The molecule has 0 radical (unpaired) electrons. The molecule has 1 saturated carbocycles. The largest absolute Gasteiger partial charge is 0.457 e. The third-order valence-electron chi connectivity index (χ3n) is 7.22. The summed E-state index contributed by atoms with van der Waals surface area (Å²) in [6.07, 6.45) is 9.51. The Kier molecular flexibility index (Phi) is 4.32. The second-order valence-electron chi connectivity index (χ2n) is 8.79. The van der Waals surface area contributed by atoms with Crippen molar-refractivity contribution in [2.75, 3.05) is 6.61 Å². The highest BCUT2D eigenvalue weighted by atomic mass is 19.1. The molecule has 0 saturated heterocycles. The lowest BCUT2D eigenvalue weighted by molar-refractivity contribution is -0.145. The van der Waals surface area contributed by atoms with Crippen LogP contribution >= 0.6 is 0 Å². The van der Waals surface area contributed by atoms with Crippen molar-refractivity contribution in [1.82, 2.24) is 0 Å². The number of halogens is 1. The molecule has 0 spiro atoms. The molecule has 148 valence electrons. The Balaban J connectivity index is 1.67. The van der Waals surface area contributed by atoms with E-state index in [1.807, 2.05) is 19.1 Å². The van der Waals surface area contributed by atoms with E-state index < -0.39 is 17.6 Å². The SMILES string of the molecule is CC(=O)OCC(=O)C1=CC[C@H]2[C@@H]3C[C@H](F)C4=CC(=O)C=C[C@]4(C)C3=CC[C@]12C. The minimum atomic E-state index is -1.16. The van der Waals surface area contributed by atoms with Crippen LogP contribution in [0.5, 0.6) is 0 Å². The number of esters is 1. The molecule has 0 aromatic rings. The average Bonchev–Trinajstić information content (AvgIpc) is 2.99. The fourth-order valence-corrected chi connectivity index (χ4v) is 5.79. The van der Waals surface area contributed by atoms with Crippen molar-refractivity contribution >= 4 is 17.5 Å². The van der Waals surface area contributed by atoms with Crippen LogP contribution in [0.25, 0.3) is 0 Å². The first-order valence-electron chi connectivity index (χ1n) is 9.84. The molecule has 0 bridgehead atoms. The highest BCUT2D eigenvalue weighted by Crippen LogP contribution is 2.62. The Morgan fingerprint density at radius 1 is 1.25 bits per heavy atom. The lowest BCUT2D eigenvalue weighted by atomic mass is 9.52. The zero-order valence-electron chi connectivity index (χ0n) is 16.5. The van der Waals surface area contributed by atoms with E-state index >= 15 is 4.39 Å². The molecule has 0 N–H and O–H groups in total. The molecule has 0 amide bonds. The number of carbonyl (C=O) groups is 3. The summed E-state index contributed by atoms with van der Waals surface area (Å²) in [5, 5.41) is 0. The number of allylic oxidation sites excluding steroid dienone is 7. The van der Waals surface area contributed by atoms with Crippen molar-refractivity contribution in [3.8, 4) is 0 Å². The summed E-state index contributed by atoms with van der Waals surface area (Å²) in [4.78, 5) is 35.5. The molecule has 5 heteroatoms. The van der Waals surface area contributed by atoms with Gasteiger partial charge in [-0.15, -0.1) is 0 Å². The Hall–Kier alpha value is -2.30. The van der Waals surface area contributed by atoms with Crippen LogP contribution in [0.2, 0.25) is 0 Å². The lowest BCUT2D eigenvalue weighted by Gasteiger charge is -2.52. The van der Waals surface area contributed by atoms with Gasteiger partial charge in [0.1, 0.15) is 6.17 Å². The number of ether oxygens (including phenoxy) is 1. The van der Waals surface area contributed by atoms with Crippen molar-refractivity contribution in [3.63, 3.8) is 0 Å². The number of ketones is 2. The van der Waals surface area contributed by atoms with E-state index in [1.54, 1.807) is 0 Å². The zero-order valence-corrected chi connectivity index (χ0v) is 16.5. The van der Waals surface area contributed by atoms with Crippen LogP contribution in [0.15, 0.2) is 47.1 Å². The van der Waals surface area contributed by atoms with Gasteiger partial charge < -0.3 is 4.74 Å². The van der Waals surface area contributed by atoms with Gasteiger partial charge in [0.25, 0.3) is 0 Å². The molecule has 1 fully saturated rings. The van der Waals surface area contributed by atoms with Gasteiger partial charge in [-0.25, -0.2) is 4.39 Å². The summed E-state index contributed by atoms with van der Waals surface area (Å²) in [5.41, 5.74) is 1.48. The first-order chi connectivity index (χ1) is 13.2. The molecule has 4 aliphatic carbocycles. The zero-order chi connectivity index (χ0) is 20.3. The lowest BCUT2D eigenvalue weighted by Crippen LogP contribution is -2.46. The molecular weight excluding hydrogens is 359 g/mol. The Morgan fingerprint density at radius 3 is 2.71 bits per heavy atom. The van der Waals surface area contributed by atoms with E-state index in [0.717, 1.165) is 0 Å². The van der Waals surface area contributed by atoms with Gasteiger partial charge in [-0.05, 0) is 55.7 Å². The molecule has 4 nitrogen and oxygen atoms in total. The standard InChI is InChI=1S/C23H25FO4/c1-13(25)28-12-21(27)18-5-4-16-15-11-20(24)19-10-14(26)6-8-23(19,3)17(15)7-9-22(16,18)2/h5-8,10,15-16,20H,4,9,11-12H2,1-3H3/t15-,16-,20-,22-,23+/m0/s1. The van der Waals surface area contributed by atoms with E-state index in [-0.39, 0.29) is 35.4 Å².